The van der Waals surface area contributed by atoms with E-state index in [1.54, 1.807) is 4.90 Å². The van der Waals surface area contributed by atoms with Gasteiger partial charge < -0.3 is 10.2 Å². The van der Waals surface area contributed by atoms with Crippen molar-refractivity contribution < 1.29 is 9.59 Å². The number of nitrogens with one attached hydrogen (secondary N) is 1. The standard InChI is InChI=1S/C18H28N2O2/c1-5-7-11-20(12-8-6-2)18(22)17(21)19-16-13-14(3)9-10-15(16)4/h9-10,13H,5-8,11-12H2,1-4H3,(H,19,21). The maximum Gasteiger partial charge on any atom is 0.313 e. The number of hydrogen-bond donors (Lipinski definition) is 1. The Kier molecular flexibility index (Phi) is 7.64. The fourth-order valence-electron chi connectivity index (χ4n) is 2.20. The summed E-state index contributed by atoms with van der Waals surface area (Å²) in [6, 6.07) is 5.83. The van der Waals surface area contributed by atoms with E-state index in [1.165, 1.54) is 0 Å². The second-order valence-corrected chi connectivity index (χ2v) is 5.77. The molecule has 0 spiro atoms. The van der Waals surface area contributed by atoms with Crippen LogP contribution in [0.15, 0.2) is 18.2 Å². The Morgan fingerprint density at radius 2 is 1.64 bits per heavy atom. The van der Waals surface area contributed by atoms with E-state index in [0.29, 0.717) is 18.8 Å². The van der Waals surface area contributed by atoms with E-state index in [4.69, 9.17) is 0 Å². The fourth-order valence-corrected chi connectivity index (χ4v) is 2.20. The number of rotatable bonds is 7. The lowest BCUT2D eigenvalue weighted by atomic mass is 10.1. The Morgan fingerprint density at radius 3 is 2.18 bits per heavy atom. The predicted molar refractivity (Wildman–Crippen MR) is 90.9 cm³/mol. The summed E-state index contributed by atoms with van der Waals surface area (Å²) < 4.78 is 0. The van der Waals surface area contributed by atoms with Gasteiger partial charge in [-0.05, 0) is 43.9 Å². The molecule has 0 heterocycles. The average molecular weight is 304 g/mol. The van der Waals surface area contributed by atoms with Crippen molar-refractivity contribution in [3.63, 3.8) is 0 Å². The molecule has 4 nitrogen and oxygen atoms in total. The van der Waals surface area contributed by atoms with Crippen molar-refractivity contribution >= 4 is 17.5 Å². The van der Waals surface area contributed by atoms with Gasteiger partial charge in [0.15, 0.2) is 0 Å². The highest BCUT2D eigenvalue weighted by Gasteiger charge is 2.21. The highest BCUT2D eigenvalue weighted by molar-refractivity contribution is 6.39. The van der Waals surface area contributed by atoms with Gasteiger partial charge in [-0.15, -0.1) is 0 Å². The molecule has 2 amide bonds. The van der Waals surface area contributed by atoms with Crippen molar-refractivity contribution in [1.82, 2.24) is 4.90 Å². The highest BCUT2D eigenvalue weighted by Crippen LogP contribution is 2.16. The maximum absolute atomic E-state index is 12.4. The van der Waals surface area contributed by atoms with Gasteiger partial charge in [0.1, 0.15) is 0 Å². The second kappa shape index (κ2) is 9.23. The molecular weight excluding hydrogens is 276 g/mol. The van der Waals surface area contributed by atoms with Crippen molar-refractivity contribution in [3.05, 3.63) is 29.3 Å². The summed E-state index contributed by atoms with van der Waals surface area (Å²) in [4.78, 5) is 26.3. The van der Waals surface area contributed by atoms with E-state index in [0.717, 1.165) is 36.8 Å². The van der Waals surface area contributed by atoms with Crippen LogP contribution in [-0.2, 0) is 9.59 Å². The van der Waals surface area contributed by atoms with Gasteiger partial charge in [-0.2, -0.15) is 0 Å². The van der Waals surface area contributed by atoms with Gasteiger partial charge in [0.05, 0.1) is 0 Å². The molecule has 0 saturated heterocycles. The summed E-state index contributed by atoms with van der Waals surface area (Å²) >= 11 is 0. The molecule has 0 saturated carbocycles. The van der Waals surface area contributed by atoms with Crippen molar-refractivity contribution in [1.29, 1.82) is 0 Å². The van der Waals surface area contributed by atoms with Crippen molar-refractivity contribution in [3.8, 4) is 0 Å². The summed E-state index contributed by atoms with van der Waals surface area (Å²) in [6.45, 7) is 9.35. The van der Waals surface area contributed by atoms with E-state index in [1.807, 2.05) is 32.0 Å². The number of amides is 2. The number of unbranched alkanes of at least 4 members (excludes halogenated alkanes) is 2. The lowest BCUT2D eigenvalue weighted by molar-refractivity contribution is -0.143. The van der Waals surface area contributed by atoms with E-state index in [9.17, 15) is 9.59 Å². The van der Waals surface area contributed by atoms with Crippen LogP contribution in [0.25, 0.3) is 0 Å². The Bertz CT molecular complexity index is 504. The van der Waals surface area contributed by atoms with E-state index in [-0.39, 0.29) is 0 Å². The molecule has 0 fully saturated rings. The van der Waals surface area contributed by atoms with E-state index in [2.05, 4.69) is 19.2 Å². The second-order valence-electron chi connectivity index (χ2n) is 5.77. The number of nitrogens with zero attached hydrogens (tertiary/aromatic N) is 1. The average Bonchev–Trinajstić information content (AvgIpc) is 2.50. The number of carbonyl (C=O) groups is 2. The Balaban J connectivity index is 2.75. The Morgan fingerprint density at radius 1 is 1.05 bits per heavy atom. The number of anilines is 1. The molecule has 0 aliphatic heterocycles. The van der Waals surface area contributed by atoms with Crippen LogP contribution in [0.5, 0.6) is 0 Å². The van der Waals surface area contributed by atoms with E-state index < -0.39 is 11.8 Å². The first-order chi connectivity index (χ1) is 10.5. The number of aryl methyl sites for hydroxylation is 2. The summed E-state index contributed by atoms with van der Waals surface area (Å²) in [7, 11) is 0. The minimum absolute atomic E-state index is 0.428. The van der Waals surface area contributed by atoms with E-state index >= 15 is 0 Å². The molecule has 0 unspecified atom stereocenters. The van der Waals surface area contributed by atoms with Gasteiger partial charge in [-0.1, -0.05) is 38.8 Å². The topological polar surface area (TPSA) is 49.4 Å². The van der Waals surface area contributed by atoms with Crippen LogP contribution < -0.4 is 5.32 Å². The van der Waals surface area contributed by atoms with Gasteiger partial charge in [0.2, 0.25) is 0 Å². The first kappa shape index (κ1) is 18.2. The number of benzene rings is 1. The maximum atomic E-state index is 12.4. The van der Waals surface area contributed by atoms with Gasteiger partial charge in [0.25, 0.3) is 0 Å². The molecule has 0 aromatic heterocycles. The van der Waals surface area contributed by atoms with Crippen LogP contribution in [0.1, 0.15) is 50.7 Å². The van der Waals surface area contributed by atoms with Crippen molar-refractivity contribution in [2.75, 3.05) is 18.4 Å². The molecular formula is C18H28N2O2. The lowest BCUT2D eigenvalue weighted by Gasteiger charge is -2.22. The zero-order valence-electron chi connectivity index (χ0n) is 14.2. The van der Waals surface area contributed by atoms with Crippen LogP contribution in [0, 0.1) is 13.8 Å². The minimum atomic E-state index is -0.541. The van der Waals surface area contributed by atoms with Gasteiger partial charge >= 0.3 is 11.8 Å². The molecule has 4 heteroatoms. The molecule has 1 aromatic carbocycles. The summed E-state index contributed by atoms with van der Waals surface area (Å²) in [5.41, 5.74) is 2.73. The Labute approximate surface area is 133 Å². The molecule has 122 valence electrons. The molecule has 1 N–H and O–H groups in total. The zero-order valence-corrected chi connectivity index (χ0v) is 14.2. The predicted octanol–water partition coefficient (Wildman–Crippen LogP) is 3.67. The number of carbonyl (C=O) groups excluding carboxylic acids is 2. The molecule has 22 heavy (non-hydrogen) atoms. The summed E-state index contributed by atoms with van der Waals surface area (Å²) in [6.07, 6.45) is 3.86. The van der Waals surface area contributed by atoms with Crippen LogP contribution >= 0.6 is 0 Å². The zero-order chi connectivity index (χ0) is 16.5. The molecule has 0 bridgehead atoms. The van der Waals surface area contributed by atoms with Gasteiger partial charge in [-0.3, -0.25) is 9.59 Å². The van der Waals surface area contributed by atoms with Crippen LogP contribution in [0.3, 0.4) is 0 Å². The van der Waals surface area contributed by atoms with Crippen LogP contribution in [0.4, 0.5) is 5.69 Å². The monoisotopic (exact) mass is 304 g/mol. The largest absolute Gasteiger partial charge is 0.334 e. The van der Waals surface area contributed by atoms with Crippen LogP contribution in [0.2, 0.25) is 0 Å². The third-order valence-electron chi connectivity index (χ3n) is 3.69. The van der Waals surface area contributed by atoms with Crippen molar-refractivity contribution in [2.45, 2.75) is 53.4 Å². The first-order valence-corrected chi connectivity index (χ1v) is 8.17. The lowest BCUT2D eigenvalue weighted by Crippen LogP contribution is -2.41. The SMILES string of the molecule is CCCCN(CCCC)C(=O)C(=O)Nc1cc(C)ccc1C. The third-order valence-corrected chi connectivity index (χ3v) is 3.69. The fraction of sp³-hybridized carbons (Fsp3) is 0.556. The Hall–Kier alpha value is -1.84. The molecule has 1 aromatic rings. The van der Waals surface area contributed by atoms with Crippen LogP contribution in [-0.4, -0.2) is 29.8 Å². The summed E-state index contributed by atoms with van der Waals surface area (Å²) in [5, 5.41) is 2.75. The van der Waals surface area contributed by atoms with Gasteiger partial charge in [0, 0.05) is 18.8 Å². The number of hydrogen-bond acceptors (Lipinski definition) is 2. The molecule has 1 rings (SSSR count). The van der Waals surface area contributed by atoms with Crippen molar-refractivity contribution in [2.24, 2.45) is 0 Å². The third kappa shape index (κ3) is 5.51. The summed E-state index contributed by atoms with van der Waals surface area (Å²) in [5.74, 6) is -0.969. The first-order valence-electron chi connectivity index (χ1n) is 8.17. The quantitative estimate of drug-likeness (QED) is 0.781. The minimum Gasteiger partial charge on any atom is -0.334 e. The molecule has 0 radical (unpaired) electrons. The molecule has 0 atom stereocenters. The molecule has 0 aliphatic rings. The highest BCUT2D eigenvalue weighted by atomic mass is 16.2. The molecule has 0 aliphatic carbocycles. The smallest absolute Gasteiger partial charge is 0.313 e. The van der Waals surface area contributed by atoms with Gasteiger partial charge in [-0.25, -0.2) is 0 Å². The normalized spacial score (nSPS) is 10.4.